The van der Waals surface area contributed by atoms with Gasteiger partial charge in [0.1, 0.15) is 11.6 Å². The summed E-state index contributed by atoms with van der Waals surface area (Å²) in [5, 5.41) is 2.85. The summed E-state index contributed by atoms with van der Waals surface area (Å²) >= 11 is 1.45. The fraction of sp³-hybridized carbons (Fsp3) is 0.105. The van der Waals surface area contributed by atoms with Crippen molar-refractivity contribution in [2.24, 2.45) is 0 Å². The van der Waals surface area contributed by atoms with E-state index in [0.29, 0.717) is 23.9 Å². The van der Waals surface area contributed by atoms with Crippen molar-refractivity contribution in [3.63, 3.8) is 0 Å². The Hall–Kier alpha value is -2.93. The Morgan fingerprint density at radius 3 is 2.54 bits per heavy atom. The second-order valence-corrected chi connectivity index (χ2v) is 6.36. The molecule has 0 aliphatic rings. The molecular weight excluding hydrogens is 353 g/mol. The monoisotopic (exact) mass is 369 g/mol. The Morgan fingerprint density at radius 1 is 1.08 bits per heavy atom. The van der Waals surface area contributed by atoms with E-state index in [-0.39, 0.29) is 11.7 Å². The van der Waals surface area contributed by atoms with E-state index >= 15 is 0 Å². The predicted molar refractivity (Wildman–Crippen MR) is 97.5 cm³/mol. The van der Waals surface area contributed by atoms with Crippen LogP contribution in [0.4, 0.5) is 4.39 Å². The summed E-state index contributed by atoms with van der Waals surface area (Å²) < 4.78 is 18.4. The molecule has 3 rings (SSSR count). The zero-order valence-electron chi connectivity index (χ0n) is 13.8. The van der Waals surface area contributed by atoms with E-state index in [2.05, 4.69) is 15.3 Å². The molecule has 0 aliphatic heterocycles. The number of amides is 1. The zero-order valence-corrected chi connectivity index (χ0v) is 14.6. The number of nitrogens with zero attached hydrogens (tertiary/aromatic N) is 2. The third kappa shape index (κ3) is 5.56. The Morgan fingerprint density at radius 2 is 1.85 bits per heavy atom. The number of hydrogen-bond acceptors (Lipinski definition) is 5. The quantitative estimate of drug-likeness (QED) is 0.642. The van der Waals surface area contributed by atoms with Crippen LogP contribution in [0.5, 0.6) is 11.6 Å². The van der Waals surface area contributed by atoms with Crippen molar-refractivity contribution in [3.05, 3.63) is 78.5 Å². The number of aromatic nitrogens is 2. The lowest BCUT2D eigenvalue weighted by atomic mass is 10.3. The minimum Gasteiger partial charge on any atom is -0.439 e. The van der Waals surface area contributed by atoms with E-state index in [4.69, 9.17) is 4.74 Å². The second-order valence-electron chi connectivity index (χ2n) is 5.31. The number of halogens is 1. The summed E-state index contributed by atoms with van der Waals surface area (Å²) in [6.45, 7) is 0.388. The van der Waals surface area contributed by atoms with Gasteiger partial charge in [-0.25, -0.2) is 9.37 Å². The molecule has 26 heavy (non-hydrogen) atoms. The summed E-state index contributed by atoms with van der Waals surface area (Å²) in [5.41, 5.74) is 0.860. The van der Waals surface area contributed by atoms with Crippen LogP contribution in [0.2, 0.25) is 0 Å². The van der Waals surface area contributed by atoms with Gasteiger partial charge in [-0.05, 0) is 42.0 Å². The van der Waals surface area contributed by atoms with Gasteiger partial charge >= 0.3 is 0 Å². The van der Waals surface area contributed by atoms with Crippen molar-refractivity contribution in [1.29, 1.82) is 0 Å². The molecule has 0 saturated carbocycles. The summed E-state index contributed by atoms with van der Waals surface area (Å²) in [4.78, 5) is 21.0. The van der Waals surface area contributed by atoms with Gasteiger partial charge in [0.25, 0.3) is 0 Å². The largest absolute Gasteiger partial charge is 0.439 e. The number of thioether (sulfide) groups is 1. The topological polar surface area (TPSA) is 64.1 Å². The minimum atomic E-state index is -0.321. The number of carbonyl (C=O) groups excluding carboxylic acids is 1. The van der Waals surface area contributed by atoms with Crippen LogP contribution in [0.3, 0.4) is 0 Å². The molecule has 0 spiro atoms. The first kappa shape index (κ1) is 17.9. The summed E-state index contributed by atoms with van der Waals surface area (Å²) in [6, 6.07) is 13.0. The average molecular weight is 369 g/mol. The second kappa shape index (κ2) is 8.96. The molecule has 0 aliphatic carbocycles. The van der Waals surface area contributed by atoms with Crippen molar-refractivity contribution in [1.82, 2.24) is 15.3 Å². The summed E-state index contributed by atoms with van der Waals surface area (Å²) in [7, 11) is 0. The first-order chi connectivity index (χ1) is 12.7. The number of rotatable bonds is 7. The molecule has 2 heterocycles. The SMILES string of the molecule is O=C(CSc1ccncc1)NCc1ccc(Oc2ccc(F)cc2)nc1. The zero-order chi connectivity index (χ0) is 18.2. The maximum atomic E-state index is 12.9. The number of nitrogens with one attached hydrogen (secondary N) is 1. The van der Waals surface area contributed by atoms with Crippen molar-refractivity contribution in [3.8, 4) is 11.6 Å². The first-order valence-electron chi connectivity index (χ1n) is 7.87. The minimum absolute atomic E-state index is 0.0570. The van der Waals surface area contributed by atoms with Crippen LogP contribution in [0, 0.1) is 5.82 Å². The Balaban J connectivity index is 1.45. The normalized spacial score (nSPS) is 10.3. The fourth-order valence-corrected chi connectivity index (χ4v) is 2.75. The predicted octanol–water partition coefficient (Wildman–Crippen LogP) is 3.82. The average Bonchev–Trinajstić information content (AvgIpc) is 2.68. The molecular formula is C19H16FN3O2S. The van der Waals surface area contributed by atoms with Crippen LogP contribution < -0.4 is 10.1 Å². The molecule has 2 aromatic heterocycles. The third-order valence-electron chi connectivity index (χ3n) is 3.34. The lowest BCUT2D eigenvalue weighted by molar-refractivity contribution is -0.118. The van der Waals surface area contributed by atoms with Crippen LogP contribution in [0.1, 0.15) is 5.56 Å². The van der Waals surface area contributed by atoms with Gasteiger partial charge < -0.3 is 10.1 Å². The van der Waals surface area contributed by atoms with Crippen molar-refractivity contribution < 1.29 is 13.9 Å². The molecule has 5 nitrogen and oxygen atoms in total. The molecule has 1 N–H and O–H groups in total. The van der Waals surface area contributed by atoms with Crippen molar-refractivity contribution in [2.45, 2.75) is 11.4 Å². The van der Waals surface area contributed by atoms with Gasteiger partial charge in [0.2, 0.25) is 11.8 Å². The van der Waals surface area contributed by atoms with Crippen LogP contribution in [-0.4, -0.2) is 21.6 Å². The molecule has 7 heteroatoms. The lowest BCUT2D eigenvalue weighted by Crippen LogP contribution is -2.24. The highest BCUT2D eigenvalue weighted by Gasteiger charge is 2.04. The number of pyridine rings is 2. The van der Waals surface area contributed by atoms with Gasteiger partial charge in [0.05, 0.1) is 5.75 Å². The molecule has 0 fully saturated rings. The van der Waals surface area contributed by atoms with E-state index in [1.165, 1.54) is 36.0 Å². The van der Waals surface area contributed by atoms with Crippen LogP contribution in [0.15, 0.2) is 72.0 Å². The molecule has 0 radical (unpaired) electrons. The Kier molecular flexibility index (Phi) is 6.16. The number of ether oxygens (including phenoxy) is 1. The van der Waals surface area contributed by atoms with Crippen LogP contribution in [-0.2, 0) is 11.3 Å². The maximum Gasteiger partial charge on any atom is 0.230 e. The maximum absolute atomic E-state index is 12.9. The number of hydrogen-bond donors (Lipinski definition) is 1. The van der Waals surface area contributed by atoms with E-state index < -0.39 is 0 Å². The lowest BCUT2D eigenvalue weighted by Gasteiger charge is -2.07. The van der Waals surface area contributed by atoms with Gasteiger partial charge in [-0.3, -0.25) is 9.78 Å². The summed E-state index contributed by atoms with van der Waals surface area (Å²) in [6.07, 6.45) is 5.03. The van der Waals surface area contributed by atoms with Crippen molar-refractivity contribution in [2.75, 3.05) is 5.75 Å². The van der Waals surface area contributed by atoms with Gasteiger partial charge in [0, 0.05) is 36.1 Å². The molecule has 132 valence electrons. The standard InChI is InChI=1S/C19H16FN3O2S/c20-15-2-4-16(5-3-15)25-19-6-1-14(12-23-19)11-22-18(24)13-26-17-7-9-21-10-8-17/h1-10,12H,11,13H2,(H,22,24). The Bertz CT molecular complexity index is 843. The highest BCUT2D eigenvalue weighted by Crippen LogP contribution is 2.19. The molecule has 0 saturated heterocycles. The molecule has 0 unspecified atom stereocenters. The number of benzene rings is 1. The van der Waals surface area contributed by atoms with Crippen LogP contribution in [0.25, 0.3) is 0 Å². The Labute approximate surface area is 154 Å². The molecule has 3 aromatic rings. The molecule has 1 aromatic carbocycles. The molecule has 0 bridgehead atoms. The summed E-state index contributed by atoms with van der Waals surface area (Å²) in [5.74, 6) is 0.869. The fourth-order valence-electron chi connectivity index (χ4n) is 2.03. The molecule has 0 atom stereocenters. The van der Waals surface area contributed by atoms with Gasteiger partial charge in [-0.1, -0.05) is 6.07 Å². The van der Waals surface area contributed by atoms with Gasteiger partial charge in [0.15, 0.2) is 0 Å². The van der Waals surface area contributed by atoms with E-state index in [9.17, 15) is 9.18 Å². The molecule has 1 amide bonds. The smallest absolute Gasteiger partial charge is 0.230 e. The third-order valence-corrected chi connectivity index (χ3v) is 4.36. The van der Waals surface area contributed by atoms with Crippen molar-refractivity contribution >= 4 is 17.7 Å². The van der Waals surface area contributed by atoms with Gasteiger partial charge in [-0.15, -0.1) is 11.8 Å². The van der Waals surface area contributed by atoms with Crippen LogP contribution >= 0.6 is 11.8 Å². The van der Waals surface area contributed by atoms with E-state index in [0.717, 1.165) is 10.5 Å². The number of carbonyl (C=O) groups is 1. The van der Waals surface area contributed by atoms with E-state index in [1.54, 1.807) is 24.7 Å². The highest BCUT2D eigenvalue weighted by atomic mass is 32.2. The first-order valence-corrected chi connectivity index (χ1v) is 8.85. The highest BCUT2D eigenvalue weighted by molar-refractivity contribution is 8.00. The van der Waals surface area contributed by atoms with Gasteiger partial charge in [-0.2, -0.15) is 0 Å². The van der Waals surface area contributed by atoms with E-state index in [1.807, 2.05) is 18.2 Å².